The van der Waals surface area contributed by atoms with E-state index in [9.17, 15) is 5.11 Å². The normalized spacial score (nSPS) is 12.8. The van der Waals surface area contributed by atoms with Gasteiger partial charge in [0.15, 0.2) is 0 Å². The Morgan fingerprint density at radius 1 is 1.18 bits per heavy atom. The molecular formula is C16H14N4OS. The maximum absolute atomic E-state index is 10.7. The number of aromatic nitrogens is 4. The summed E-state index contributed by atoms with van der Waals surface area (Å²) in [6.07, 6.45) is 6.39. The van der Waals surface area contributed by atoms with Gasteiger partial charge in [-0.2, -0.15) is 5.10 Å². The fourth-order valence-electron chi connectivity index (χ4n) is 2.60. The Hall–Kier alpha value is -2.44. The van der Waals surface area contributed by atoms with Crippen molar-refractivity contribution in [3.63, 3.8) is 0 Å². The zero-order valence-corrected chi connectivity index (χ0v) is 12.7. The molecule has 0 amide bonds. The molecule has 3 heterocycles. The first-order chi connectivity index (χ1) is 10.7. The minimum Gasteiger partial charge on any atom is -0.382 e. The number of hydrogen-bond donors (Lipinski definition) is 1. The number of rotatable bonds is 3. The molecule has 0 aliphatic carbocycles. The maximum atomic E-state index is 10.7. The monoisotopic (exact) mass is 310 g/mol. The van der Waals surface area contributed by atoms with E-state index in [2.05, 4.69) is 10.1 Å². The Bertz CT molecular complexity index is 922. The molecule has 1 N–H and O–H groups in total. The molecule has 0 spiro atoms. The Morgan fingerprint density at radius 3 is 2.82 bits per heavy atom. The lowest BCUT2D eigenvalue weighted by Crippen LogP contribution is -2.03. The first kappa shape index (κ1) is 13.2. The smallest absolute Gasteiger partial charge is 0.124 e. The van der Waals surface area contributed by atoms with Gasteiger partial charge in [0.1, 0.15) is 17.3 Å². The fourth-order valence-corrected chi connectivity index (χ4v) is 3.59. The number of fused-ring (bicyclic) bond motifs is 1. The average molecular weight is 310 g/mol. The van der Waals surface area contributed by atoms with Crippen molar-refractivity contribution in [3.05, 3.63) is 71.4 Å². The van der Waals surface area contributed by atoms with E-state index in [-0.39, 0.29) is 0 Å². The number of imidazole rings is 1. The summed E-state index contributed by atoms with van der Waals surface area (Å²) in [5, 5.41) is 15.1. The van der Waals surface area contributed by atoms with Crippen LogP contribution < -0.4 is 0 Å². The van der Waals surface area contributed by atoms with Crippen LogP contribution in [-0.4, -0.2) is 24.3 Å². The third kappa shape index (κ3) is 2.04. The van der Waals surface area contributed by atoms with Gasteiger partial charge in [-0.05, 0) is 19.1 Å². The third-order valence-corrected chi connectivity index (χ3v) is 4.71. The molecule has 0 radical (unpaired) electrons. The summed E-state index contributed by atoms with van der Waals surface area (Å²) < 4.78 is 3.70. The van der Waals surface area contributed by atoms with Gasteiger partial charge in [-0.15, -0.1) is 11.3 Å². The SMILES string of the molecule is Cc1sc2cncn2c1C(O)c1cnn(-c2ccccc2)c1. The fraction of sp³-hybridized carbons (Fsp3) is 0.125. The second kappa shape index (κ2) is 5.08. The molecule has 0 bridgehead atoms. The molecule has 6 heteroatoms. The second-order valence-electron chi connectivity index (χ2n) is 5.10. The molecular weight excluding hydrogens is 296 g/mol. The van der Waals surface area contributed by atoms with Crippen LogP contribution in [0.3, 0.4) is 0 Å². The van der Waals surface area contributed by atoms with Gasteiger partial charge in [0.2, 0.25) is 0 Å². The molecule has 0 aliphatic heterocycles. The molecule has 0 fully saturated rings. The first-order valence-electron chi connectivity index (χ1n) is 6.93. The standard InChI is InChI=1S/C16H14N4OS/c1-11-15(19-10-17-8-14(19)22-11)16(21)12-7-18-20(9-12)13-5-3-2-4-6-13/h2-10,16,21H,1H3. The van der Waals surface area contributed by atoms with Gasteiger partial charge in [0, 0.05) is 16.6 Å². The van der Waals surface area contributed by atoms with Crippen molar-refractivity contribution in [2.45, 2.75) is 13.0 Å². The Balaban J connectivity index is 1.75. The van der Waals surface area contributed by atoms with Crippen molar-refractivity contribution in [2.75, 3.05) is 0 Å². The van der Waals surface area contributed by atoms with E-state index in [1.165, 1.54) is 0 Å². The molecule has 1 aromatic carbocycles. The lowest BCUT2D eigenvalue weighted by Gasteiger charge is -2.09. The first-order valence-corrected chi connectivity index (χ1v) is 7.75. The van der Waals surface area contributed by atoms with Gasteiger partial charge in [-0.25, -0.2) is 9.67 Å². The Labute approximate surface area is 131 Å². The van der Waals surface area contributed by atoms with Crippen LogP contribution in [0.2, 0.25) is 0 Å². The summed E-state index contributed by atoms with van der Waals surface area (Å²) in [5.41, 5.74) is 2.58. The van der Waals surface area contributed by atoms with E-state index >= 15 is 0 Å². The average Bonchev–Trinajstić information content (AvgIpc) is 3.22. The second-order valence-corrected chi connectivity index (χ2v) is 6.34. The van der Waals surface area contributed by atoms with E-state index < -0.39 is 6.10 Å². The molecule has 1 atom stereocenters. The van der Waals surface area contributed by atoms with E-state index in [1.807, 2.05) is 47.9 Å². The highest BCUT2D eigenvalue weighted by molar-refractivity contribution is 7.17. The molecule has 110 valence electrons. The van der Waals surface area contributed by atoms with Gasteiger partial charge in [0.05, 0.1) is 23.8 Å². The van der Waals surface area contributed by atoms with Crippen LogP contribution in [0.4, 0.5) is 0 Å². The van der Waals surface area contributed by atoms with Crippen molar-refractivity contribution >= 4 is 16.2 Å². The number of hydrogen-bond acceptors (Lipinski definition) is 4. The quantitative estimate of drug-likeness (QED) is 0.633. The number of para-hydroxylation sites is 1. The van der Waals surface area contributed by atoms with Gasteiger partial charge in [0.25, 0.3) is 0 Å². The largest absolute Gasteiger partial charge is 0.382 e. The number of aliphatic hydroxyl groups is 1. The molecule has 0 saturated heterocycles. The van der Waals surface area contributed by atoms with Crippen LogP contribution in [-0.2, 0) is 0 Å². The Morgan fingerprint density at radius 2 is 2.00 bits per heavy atom. The molecule has 0 aliphatic rings. The summed E-state index contributed by atoms with van der Waals surface area (Å²) in [5.74, 6) is 0. The number of aryl methyl sites for hydroxylation is 1. The van der Waals surface area contributed by atoms with Crippen LogP contribution in [0.5, 0.6) is 0 Å². The van der Waals surface area contributed by atoms with Gasteiger partial charge in [-0.1, -0.05) is 18.2 Å². The lowest BCUT2D eigenvalue weighted by molar-refractivity contribution is 0.214. The van der Waals surface area contributed by atoms with Crippen molar-refractivity contribution in [3.8, 4) is 5.69 Å². The number of benzene rings is 1. The van der Waals surface area contributed by atoms with E-state index in [0.717, 1.165) is 26.7 Å². The van der Waals surface area contributed by atoms with E-state index in [0.29, 0.717) is 0 Å². The zero-order chi connectivity index (χ0) is 15.1. The summed E-state index contributed by atoms with van der Waals surface area (Å²) >= 11 is 1.62. The molecule has 0 saturated carbocycles. The summed E-state index contributed by atoms with van der Waals surface area (Å²) in [6.45, 7) is 2.01. The zero-order valence-electron chi connectivity index (χ0n) is 11.9. The molecule has 4 aromatic rings. The molecule has 3 aromatic heterocycles. The van der Waals surface area contributed by atoms with Crippen LogP contribution in [0, 0.1) is 6.92 Å². The van der Waals surface area contributed by atoms with Crippen molar-refractivity contribution in [1.29, 1.82) is 0 Å². The van der Waals surface area contributed by atoms with E-state index in [1.54, 1.807) is 34.7 Å². The summed E-state index contributed by atoms with van der Waals surface area (Å²) in [6, 6.07) is 9.85. The topological polar surface area (TPSA) is 55.4 Å². The molecule has 22 heavy (non-hydrogen) atoms. The lowest BCUT2D eigenvalue weighted by atomic mass is 10.1. The minimum absolute atomic E-state index is 0.722. The number of thiazole rings is 1. The maximum Gasteiger partial charge on any atom is 0.124 e. The number of aliphatic hydroxyl groups excluding tert-OH is 1. The predicted molar refractivity (Wildman–Crippen MR) is 85.4 cm³/mol. The molecule has 5 nitrogen and oxygen atoms in total. The molecule has 4 rings (SSSR count). The van der Waals surface area contributed by atoms with Crippen molar-refractivity contribution in [1.82, 2.24) is 19.2 Å². The highest BCUT2D eigenvalue weighted by Crippen LogP contribution is 2.31. The minimum atomic E-state index is -0.722. The van der Waals surface area contributed by atoms with Gasteiger partial charge >= 0.3 is 0 Å². The number of nitrogens with zero attached hydrogens (tertiary/aromatic N) is 4. The summed E-state index contributed by atoms with van der Waals surface area (Å²) in [7, 11) is 0. The van der Waals surface area contributed by atoms with Crippen molar-refractivity contribution in [2.24, 2.45) is 0 Å². The van der Waals surface area contributed by atoms with E-state index in [4.69, 9.17) is 0 Å². The van der Waals surface area contributed by atoms with Crippen LogP contribution in [0.1, 0.15) is 22.2 Å². The van der Waals surface area contributed by atoms with Gasteiger partial charge < -0.3 is 5.11 Å². The Kier molecular flexibility index (Phi) is 3.06. The van der Waals surface area contributed by atoms with Crippen molar-refractivity contribution < 1.29 is 5.11 Å². The molecule has 1 unspecified atom stereocenters. The van der Waals surface area contributed by atoms with Crippen LogP contribution >= 0.6 is 11.3 Å². The highest BCUT2D eigenvalue weighted by atomic mass is 32.1. The van der Waals surface area contributed by atoms with Gasteiger partial charge in [-0.3, -0.25) is 4.40 Å². The third-order valence-electron chi connectivity index (χ3n) is 3.68. The van der Waals surface area contributed by atoms with Crippen LogP contribution in [0.15, 0.2) is 55.2 Å². The highest BCUT2D eigenvalue weighted by Gasteiger charge is 2.20. The predicted octanol–water partition coefficient (Wildman–Crippen LogP) is 2.97. The van der Waals surface area contributed by atoms with Crippen LogP contribution in [0.25, 0.3) is 10.5 Å². The summed E-state index contributed by atoms with van der Waals surface area (Å²) in [4.78, 5) is 6.24.